The molecular weight excluding hydrogens is 247 g/mol. The van der Waals surface area contributed by atoms with Gasteiger partial charge in [0.15, 0.2) is 0 Å². The molecule has 0 amide bonds. The zero-order chi connectivity index (χ0) is 13.8. The van der Waals surface area contributed by atoms with Crippen molar-refractivity contribution in [3.8, 4) is 6.07 Å². The molecule has 1 aromatic rings. The molecule has 1 N–H and O–H groups in total. The van der Waals surface area contributed by atoms with E-state index in [9.17, 15) is 4.39 Å². The molecule has 102 valence electrons. The second-order valence-electron chi connectivity index (χ2n) is 4.81. The van der Waals surface area contributed by atoms with E-state index in [2.05, 4.69) is 4.90 Å². The normalized spacial score (nSPS) is 24.1. The van der Waals surface area contributed by atoms with Crippen LogP contribution in [0.3, 0.4) is 0 Å². The first kappa shape index (κ1) is 13.9. The fraction of sp³-hybridized carbons (Fsp3) is 0.500. The molecule has 0 bridgehead atoms. The van der Waals surface area contributed by atoms with Gasteiger partial charge in [-0.1, -0.05) is 12.1 Å². The van der Waals surface area contributed by atoms with E-state index in [1.165, 1.54) is 6.07 Å². The zero-order valence-electron chi connectivity index (χ0n) is 10.8. The summed E-state index contributed by atoms with van der Waals surface area (Å²) < 4.78 is 19.4. The van der Waals surface area contributed by atoms with Gasteiger partial charge in [0.25, 0.3) is 0 Å². The molecule has 19 heavy (non-hydrogen) atoms. The second-order valence-corrected chi connectivity index (χ2v) is 4.81. The first-order valence-corrected chi connectivity index (χ1v) is 6.29. The van der Waals surface area contributed by atoms with Crippen molar-refractivity contribution in [1.82, 2.24) is 4.90 Å². The molecule has 1 heterocycles. The number of rotatable bonds is 3. The summed E-state index contributed by atoms with van der Waals surface area (Å²) in [6.07, 6.45) is -0.224. The Hall–Kier alpha value is -1.48. The van der Waals surface area contributed by atoms with Crippen LogP contribution in [-0.2, 0) is 11.3 Å². The van der Waals surface area contributed by atoms with Crippen molar-refractivity contribution < 1.29 is 14.2 Å². The molecule has 2 unspecified atom stereocenters. The van der Waals surface area contributed by atoms with E-state index in [1.54, 1.807) is 12.1 Å². The molecule has 1 aliphatic heterocycles. The maximum absolute atomic E-state index is 14.0. The fourth-order valence-electron chi connectivity index (χ4n) is 2.21. The number of hydrogen-bond donors (Lipinski definition) is 1. The monoisotopic (exact) mass is 264 g/mol. The number of nitrogens with zero attached hydrogens (tertiary/aromatic N) is 2. The lowest BCUT2D eigenvalue weighted by Crippen LogP contribution is -2.48. The first-order chi connectivity index (χ1) is 9.15. The van der Waals surface area contributed by atoms with E-state index in [0.717, 1.165) is 0 Å². The summed E-state index contributed by atoms with van der Waals surface area (Å²) in [6, 6.07) is 6.85. The minimum atomic E-state index is -0.454. The third-order valence-electron chi connectivity index (χ3n) is 3.41. The van der Waals surface area contributed by atoms with Crippen LogP contribution in [0.4, 0.5) is 4.39 Å². The minimum absolute atomic E-state index is 0.0378. The van der Waals surface area contributed by atoms with Crippen LogP contribution in [0.1, 0.15) is 18.1 Å². The highest BCUT2D eigenvalue weighted by molar-refractivity contribution is 5.34. The van der Waals surface area contributed by atoms with Crippen molar-refractivity contribution in [3.63, 3.8) is 0 Å². The van der Waals surface area contributed by atoms with Crippen LogP contribution >= 0.6 is 0 Å². The number of aliphatic hydroxyl groups is 1. The van der Waals surface area contributed by atoms with Gasteiger partial charge in [0.1, 0.15) is 11.9 Å². The van der Waals surface area contributed by atoms with Crippen LogP contribution < -0.4 is 0 Å². The summed E-state index contributed by atoms with van der Waals surface area (Å²) in [6.45, 7) is 3.46. The molecule has 0 saturated carbocycles. The predicted octanol–water partition coefficient (Wildman–Crippen LogP) is 1.28. The van der Waals surface area contributed by atoms with Gasteiger partial charge in [-0.25, -0.2) is 4.39 Å². The smallest absolute Gasteiger partial charge is 0.145 e. The molecule has 0 aliphatic carbocycles. The van der Waals surface area contributed by atoms with Crippen LogP contribution in [-0.4, -0.2) is 41.9 Å². The molecule has 4 nitrogen and oxygen atoms in total. The Bertz CT molecular complexity index is 487. The molecule has 5 heteroatoms. The van der Waals surface area contributed by atoms with Gasteiger partial charge in [-0.15, -0.1) is 0 Å². The van der Waals surface area contributed by atoms with E-state index in [1.807, 2.05) is 13.0 Å². The van der Waals surface area contributed by atoms with Gasteiger partial charge in [-0.3, -0.25) is 4.90 Å². The van der Waals surface area contributed by atoms with Crippen molar-refractivity contribution in [2.75, 3.05) is 19.8 Å². The molecule has 1 aromatic carbocycles. The Morgan fingerprint density at radius 1 is 1.58 bits per heavy atom. The van der Waals surface area contributed by atoms with E-state index < -0.39 is 5.82 Å². The maximum Gasteiger partial charge on any atom is 0.145 e. The number of benzene rings is 1. The lowest BCUT2D eigenvalue weighted by molar-refractivity contribution is -0.0807. The minimum Gasteiger partial charge on any atom is -0.394 e. The van der Waals surface area contributed by atoms with Gasteiger partial charge in [0.05, 0.1) is 24.9 Å². The average Bonchev–Trinajstić information content (AvgIpc) is 2.43. The molecule has 0 spiro atoms. The second kappa shape index (κ2) is 6.11. The third-order valence-corrected chi connectivity index (χ3v) is 3.41. The molecule has 0 aromatic heterocycles. The largest absolute Gasteiger partial charge is 0.394 e. The number of aliphatic hydroxyl groups excluding tert-OH is 1. The Labute approximate surface area is 112 Å². The quantitative estimate of drug-likeness (QED) is 0.893. The van der Waals surface area contributed by atoms with Crippen molar-refractivity contribution in [1.29, 1.82) is 5.26 Å². The van der Waals surface area contributed by atoms with Gasteiger partial charge >= 0.3 is 0 Å². The Balaban J connectivity index is 2.14. The SMILES string of the molecule is CC1COC(CO)CN1Cc1cccc(C#N)c1F. The lowest BCUT2D eigenvalue weighted by Gasteiger charge is -2.37. The van der Waals surface area contributed by atoms with Crippen molar-refractivity contribution in [3.05, 3.63) is 35.1 Å². The summed E-state index contributed by atoms with van der Waals surface area (Å²) in [5.41, 5.74) is 0.571. The summed E-state index contributed by atoms with van der Waals surface area (Å²) in [7, 11) is 0. The zero-order valence-corrected chi connectivity index (χ0v) is 10.8. The highest BCUT2D eigenvalue weighted by Crippen LogP contribution is 2.19. The highest BCUT2D eigenvalue weighted by Gasteiger charge is 2.26. The van der Waals surface area contributed by atoms with E-state index >= 15 is 0 Å². The Morgan fingerprint density at radius 2 is 2.37 bits per heavy atom. The Morgan fingerprint density at radius 3 is 3.05 bits per heavy atom. The van der Waals surface area contributed by atoms with Gasteiger partial charge in [0, 0.05) is 24.7 Å². The first-order valence-electron chi connectivity index (χ1n) is 6.29. The van der Waals surface area contributed by atoms with Crippen molar-refractivity contribution in [2.24, 2.45) is 0 Å². The number of nitriles is 1. The fourth-order valence-corrected chi connectivity index (χ4v) is 2.21. The third kappa shape index (κ3) is 3.10. The van der Waals surface area contributed by atoms with Gasteiger partial charge in [-0.05, 0) is 13.0 Å². The lowest BCUT2D eigenvalue weighted by atomic mass is 10.1. The van der Waals surface area contributed by atoms with Crippen LogP contribution in [0, 0.1) is 17.1 Å². The van der Waals surface area contributed by atoms with Crippen LogP contribution in [0.15, 0.2) is 18.2 Å². The molecule has 2 atom stereocenters. The molecular formula is C14H17FN2O2. The van der Waals surface area contributed by atoms with Crippen molar-refractivity contribution >= 4 is 0 Å². The van der Waals surface area contributed by atoms with Crippen LogP contribution in [0.5, 0.6) is 0 Å². The maximum atomic E-state index is 14.0. The molecule has 2 rings (SSSR count). The number of hydrogen-bond acceptors (Lipinski definition) is 4. The summed E-state index contributed by atoms with van der Waals surface area (Å²) in [5, 5.41) is 18.0. The number of ether oxygens (including phenoxy) is 1. The number of halogens is 1. The molecule has 1 fully saturated rings. The van der Waals surface area contributed by atoms with Crippen LogP contribution in [0.25, 0.3) is 0 Å². The van der Waals surface area contributed by atoms with Crippen molar-refractivity contribution in [2.45, 2.75) is 25.6 Å². The van der Waals surface area contributed by atoms with Gasteiger partial charge in [0.2, 0.25) is 0 Å². The van der Waals surface area contributed by atoms with E-state index in [4.69, 9.17) is 15.1 Å². The van der Waals surface area contributed by atoms with Gasteiger partial charge < -0.3 is 9.84 Å². The van der Waals surface area contributed by atoms with E-state index in [-0.39, 0.29) is 24.3 Å². The van der Waals surface area contributed by atoms with E-state index in [0.29, 0.717) is 25.3 Å². The predicted molar refractivity (Wildman–Crippen MR) is 67.8 cm³/mol. The number of morpholine rings is 1. The van der Waals surface area contributed by atoms with Crippen LogP contribution in [0.2, 0.25) is 0 Å². The molecule has 0 radical (unpaired) electrons. The summed E-state index contributed by atoms with van der Waals surface area (Å²) >= 11 is 0. The Kier molecular flexibility index (Phi) is 4.48. The highest BCUT2D eigenvalue weighted by atomic mass is 19.1. The average molecular weight is 264 g/mol. The molecule has 1 saturated heterocycles. The topological polar surface area (TPSA) is 56.5 Å². The molecule has 1 aliphatic rings. The summed E-state index contributed by atoms with van der Waals surface area (Å²) in [4.78, 5) is 2.06. The standard InChI is InChI=1S/C14H17FN2O2/c1-10-9-19-13(8-18)7-17(10)6-12-4-2-3-11(5-16)14(12)15/h2-4,10,13,18H,6-9H2,1H3. The van der Waals surface area contributed by atoms with Gasteiger partial charge in [-0.2, -0.15) is 5.26 Å². The summed E-state index contributed by atoms with van der Waals surface area (Å²) in [5.74, 6) is -0.454.